The molecule has 0 saturated heterocycles. The summed E-state index contributed by atoms with van der Waals surface area (Å²) in [6.45, 7) is 5.27. The number of amides is 1. The summed E-state index contributed by atoms with van der Waals surface area (Å²) in [6.07, 6.45) is 2.68. The lowest BCUT2D eigenvalue weighted by atomic mass is 9.96. The lowest BCUT2D eigenvalue weighted by Gasteiger charge is -2.25. The van der Waals surface area contributed by atoms with E-state index in [1.165, 1.54) is 5.56 Å². The first kappa shape index (κ1) is 18.2. The van der Waals surface area contributed by atoms with Gasteiger partial charge in [-0.05, 0) is 55.2 Å². The van der Waals surface area contributed by atoms with Gasteiger partial charge in [-0.2, -0.15) is 10.2 Å². The van der Waals surface area contributed by atoms with E-state index in [0.717, 1.165) is 34.6 Å². The van der Waals surface area contributed by atoms with E-state index in [1.54, 1.807) is 6.20 Å². The van der Waals surface area contributed by atoms with E-state index >= 15 is 0 Å². The van der Waals surface area contributed by atoms with E-state index in [0.29, 0.717) is 18.7 Å². The van der Waals surface area contributed by atoms with Crippen LogP contribution in [-0.4, -0.2) is 29.3 Å². The second kappa shape index (κ2) is 7.80. The van der Waals surface area contributed by atoms with Crippen molar-refractivity contribution >= 4 is 5.91 Å². The molecule has 2 aromatic carbocycles. The van der Waals surface area contributed by atoms with Crippen molar-refractivity contribution in [3.8, 4) is 17.0 Å². The molecule has 28 heavy (non-hydrogen) atoms. The Hall–Kier alpha value is -3.21. The smallest absolute Gasteiger partial charge is 0.251 e. The van der Waals surface area contributed by atoms with Crippen molar-refractivity contribution in [1.29, 1.82) is 0 Å². The highest BCUT2D eigenvalue weighted by Gasteiger charge is 2.20. The summed E-state index contributed by atoms with van der Waals surface area (Å²) in [5.41, 5.74) is 5.85. The molecule has 0 saturated carbocycles. The van der Waals surface area contributed by atoms with Crippen LogP contribution in [0.4, 0.5) is 0 Å². The lowest BCUT2D eigenvalue weighted by molar-refractivity contribution is 0.0939. The fraction of sp³-hybridized carbons (Fsp3) is 0.261. The van der Waals surface area contributed by atoms with Crippen molar-refractivity contribution in [2.75, 3.05) is 13.2 Å². The highest BCUT2D eigenvalue weighted by molar-refractivity contribution is 5.94. The summed E-state index contributed by atoms with van der Waals surface area (Å²) in [6, 6.07) is 15.6. The van der Waals surface area contributed by atoms with Gasteiger partial charge in [-0.25, -0.2) is 0 Å². The Balaban J connectivity index is 1.39. The molecule has 0 radical (unpaired) electrons. The summed E-state index contributed by atoms with van der Waals surface area (Å²) in [5.74, 6) is 1.16. The van der Waals surface area contributed by atoms with Gasteiger partial charge in [0.1, 0.15) is 5.75 Å². The summed E-state index contributed by atoms with van der Waals surface area (Å²) < 4.78 is 5.80. The van der Waals surface area contributed by atoms with Crippen molar-refractivity contribution in [2.45, 2.75) is 20.3 Å². The third kappa shape index (κ3) is 3.74. The second-order valence-electron chi connectivity index (χ2n) is 7.28. The minimum absolute atomic E-state index is 0.0718. The number of hydrogen-bond acceptors (Lipinski definition) is 4. The molecule has 1 aliphatic heterocycles. The molecule has 1 aliphatic rings. The first-order chi connectivity index (χ1) is 13.6. The number of nitrogens with zero attached hydrogens (tertiary/aromatic N) is 2. The normalized spacial score (nSPS) is 15.4. The van der Waals surface area contributed by atoms with Crippen molar-refractivity contribution < 1.29 is 9.53 Å². The quantitative estimate of drug-likeness (QED) is 0.757. The van der Waals surface area contributed by atoms with Crippen LogP contribution in [0.2, 0.25) is 0 Å². The van der Waals surface area contributed by atoms with Gasteiger partial charge >= 0.3 is 0 Å². The Morgan fingerprint density at radius 2 is 1.93 bits per heavy atom. The zero-order chi connectivity index (χ0) is 19.5. The molecular formula is C23H23N3O2. The Morgan fingerprint density at radius 3 is 2.75 bits per heavy atom. The van der Waals surface area contributed by atoms with Gasteiger partial charge < -0.3 is 10.1 Å². The second-order valence-corrected chi connectivity index (χ2v) is 7.28. The van der Waals surface area contributed by atoms with E-state index in [4.69, 9.17) is 4.74 Å². The number of hydrogen-bond donors (Lipinski definition) is 1. The van der Waals surface area contributed by atoms with Crippen LogP contribution in [-0.2, 0) is 6.42 Å². The van der Waals surface area contributed by atoms with E-state index in [1.807, 2.05) is 56.3 Å². The maximum Gasteiger partial charge on any atom is 0.251 e. The molecule has 1 unspecified atom stereocenters. The Labute approximate surface area is 164 Å². The predicted molar refractivity (Wildman–Crippen MR) is 108 cm³/mol. The zero-order valence-corrected chi connectivity index (χ0v) is 16.1. The fourth-order valence-electron chi connectivity index (χ4n) is 3.45. The lowest BCUT2D eigenvalue weighted by Crippen LogP contribution is -2.34. The average molecular weight is 373 g/mol. The highest BCUT2D eigenvalue weighted by Crippen LogP contribution is 2.26. The van der Waals surface area contributed by atoms with Crippen LogP contribution in [0.3, 0.4) is 0 Å². The number of aryl methyl sites for hydroxylation is 1. The van der Waals surface area contributed by atoms with Crippen LogP contribution in [0.15, 0.2) is 54.7 Å². The summed E-state index contributed by atoms with van der Waals surface area (Å²) in [4.78, 5) is 12.5. The highest BCUT2D eigenvalue weighted by atomic mass is 16.5. The van der Waals surface area contributed by atoms with Crippen LogP contribution in [0.5, 0.6) is 5.75 Å². The molecule has 5 nitrogen and oxygen atoms in total. The van der Waals surface area contributed by atoms with E-state index in [-0.39, 0.29) is 11.8 Å². The molecule has 142 valence electrons. The SMILES string of the molecule is Cc1cnnc(-c2ccc(C(=O)NCC3COc4ccccc4C3)cc2)c1C. The van der Waals surface area contributed by atoms with Crippen LogP contribution >= 0.6 is 0 Å². The molecule has 1 N–H and O–H groups in total. The van der Waals surface area contributed by atoms with Gasteiger partial charge in [-0.1, -0.05) is 30.3 Å². The molecule has 0 aliphatic carbocycles. The third-order valence-corrected chi connectivity index (χ3v) is 5.28. The first-order valence-electron chi connectivity index (χ1n) is 9.50. The van der Waals surface area contributed by atoms with Gasteiger partial charge in [-0.3, -0.25) is 4.79 Å². The van der Waals surface area contributed by atoms with E-state index < -0.39 is 0 Å². The van der Waals surface area contributed by atoms with Crippen LogP contribution < -0.4 is 10.1 Å². The van der Waals surface area contributed by atoms with Crippen molar-refractivity contribution in [3.63, 3.8) is 0 Å². The maximum atomic E-state index is 12.5. The van der Waals surface area contributed by atoms with Crippen LogP contribution in [0.1, 0.15) is 27.0 Å². The Bertz CT molecular complexity index is 999. The molecule has 5 heteroatoms. The number of para-hydroxylation sites is 1. The Morgan fingerprint density at radius 1 is 1.14 bits per heavy atom. The maximum absolute atomic E-state index is 12.5. The van der Waals surface area contributed by atoms with Crippen LogP contribution in [0.25, 0.3) is 11.3 Å². The number of ether oxygens (including phenoxy) is 1. The monoisotopic (exact) mass is 373 g/mol. The van der Waals surface area contributed by atoms with Gasteiger partial charge in [0.05, 0.1) is 18.5 Å². The number of aromatic nitrogens is 2. The molecule has 1 amide bonds. The average Bonchev–Trinajstić information content (AvgIpc) is 2.74. The van der Waals surface area contributed by atoms with Crippen molar-refractivity contribution in [2.24, 2.45) is 5.92 Å². The largest absolute Gasteiger partial charge is 0.493 e. The molecule has 0 fully saturated rings. The van der Waals surface area contributed by atoms with E-state index in [2.05, 4.69) is 21.6 Å². The molecule has 2 heterocycles. The van der Waals surface area contributed by atoms with Gasteiger partial charge in [0.2, 0.25) is 0 Å². The zero-order valence-electron chi connectivity index (χ0n) is 16.1. The minimum Gasteiger partial charge on any atom is -0.493 e. The summed E-state index contributed by atoms with van der Waals surface area (Å²) >= 11 is 0. The number of nitrogens with one attached hydrogen (secondary N) is 1. The van der Waals surface area contributed by atoms with Crippen molar-refractivity contribution in [1.82, 2.24) is 15.5 Å². The number of fused-ring (bicyclic) bond motifs is 1. The molecule has 4 rings (SSSR count). The summed E-state index contributed by atoms with van der Waals surface area (Å²) in [7, 11) is 0. The minimum atomic E-state index is -0.0718. The molecule has 0 spiro atoms. The van der Waals surface area contributed by atoms with Gasteiger partial charge in [-0.15, -0.1) is 0 Å². The molecule has 1 atom stereocenters. The number of carbonyl (C=O) groups is 1. The van der Waals surface area contributed by atoms with Gasteiger partial charge in [0.25, 0.3) is 5.91 Å². The molecule has 3 aromatic rings. The third-order valence-electron chi connectivity index (χ3n) is 5.28. The standard InChI is InChI=1S/C23H23N3O2/c1-15-12-25-26-22(16(15)2)18-7-9-19(10-8-18)23(27)24-13-17-11-20-5-3-4-6-21(20)28-14-17/h3-10,12,17H,11,13-14H2,1-2H3,(H,24,27). The molecule has 0 bridgehead atoms. The first-order valence-corrected chi connectivity index (χ1v) is 9.50. The number of carbonyl (C=O) groups excluding carboxylic acids is 1. The topological polar surface area (TPSA) is 64.1 Å². The van der Waals surface area contributed by atoms with Crippen molar-refractivity contribution in [3.05, 3.63) is 77.0 Å². The Kier molecular flexibility index (Phi) is 5.06. The predicted octanol–water partition coefficient (Wildman–Crippen LogP) is 3.74. The fourth-order valence-corrected chi connectivity index (χ4v) is 3.45. The number of rotatable bonds is 4. The number of benzene rings is 2. The van der Waals surface area contributed by atoms with Gasteiger partial charge in [0, 0.05) is 23.6 Å². The molecule has 1 aromatic heterocycles. The summed E-state index contributed by atoms with van der Waals surface area (Å²) in [5, 5.41) is 11.3. The molecular weight excluding hydrogens is 350 g/mol. The van der Waals surface area contributed by atoms with Gasteiger partial charge in [0.15, 0.2) is 0 Å². The van der Waals surface area contributed by atoms with E-state index in [9.17, 15) is 4.79 Å². The van der Waals surface area contributed by atoms with Crippen LogP contribution in [0, 0.1) is 19.8 Å².